The van der Waals surface area contributed by atoms with Gasteiger partial charge >= 0.3 is 24.4 Å². The standard InChI is InChI=1S/C31H34F6N6O5/c1-5-29(38)15-20(26-22(8-9-24(41-26)47-4)43(29)28(46)48-10-6-7-25(44)45)27-39-16-23(42(2)3)21(40-27)13-17-11-18(30(32,33)34)14-19(12-17)31(35,36)37/h8-9,11-12,14,16,20H,5-7,10,13,15,38H2,1-4H3,(H,44,45)/t20-,29+/m0/s1. The Kier molecular flexibility index (Phi) is 10.4. The molecular weight excluding hydrogens is 650 g/mol. The number of aromatic nitrogens is 3. The van der Waals surface area contributed by atoms with E-state index in [-0.39, 0.29) is 72.7 Å². The van der Waals surface area contributed by atoms with Gasteiger partial charge in [0.25, 0.3) is 0 Å². The highest BCUT2D eigenvalue weighted by Gasteiger charge is 2.47. The van der Waals surface area contributed by atoms with Crippen LogP contribution in [0, 0.1) is 0 Å². The first-order valence-electron chi connectivity index (χ1n) is 14.7. The van der Waals surface area contributed by atoms with E-state index in [2.05, 4.69) is 15.0 Å². The number of carboxylic acid groups (broad SMARTS) is 1. The number of fused-ring (bicyclic) bond motifs is 1. The molecule has 1 aromatic carbocycles. The molecule has 0 saturated heterocycles. The Hall–Kier alpha value is -4.67. The molecule has 0 bridgehead atoms. The van der Waals surface area contributed by atoms with Crippen molar-refractivity contribution in [2.24, 2.45) is 5.73 Å². The third-order valence-electron chi connectivity index (χ3n) is 7.89. The molecule has 17 heteroatoms. The predicted molar refractivity (Wildman–Crippen MR) is 161 cm³/mol. The molecule has 3 aromatic rings. The SMILES string of the molecule is CC[C@]1(N)C[C@H](c2ncc(N(C)C)c(Cc3cc(C(F)(F)F)cc(C(F)(F)F)c3)n2)c2nc(OC)ccc2N1C(=O)OCCCC(=O)O. The maximum atomic E-state index is 13.6. The third-order valence-corrected chi connectivity index (χ3v) is 7.89. The Labute approximate surface area is 271 Å². The molecule has 48 heavy (non-hydrogen) atoms. The zero-order chi connectivity index (χ0) is 35.6. The van der Waals surface area contributed by atoms with Gasteiger partial charge in [-0.25, -0.2) is 19.7 Å². The van der Waals surface area contributed by atoms with Gasteiger partial charge in [-0.15, -0.1) is 0 Å². The van der Waals surface area contributed by atoms with E-state index in [1.807, 2.05) is 0 Å². The first-order valence-corrected chi connectivity index (χ1v) is 14.7. The Morgan fingerprint density at radius 3 is 2.27 bits per heavy atom. The van der Waals surface area contributed by atoms with Crippen LogP contribution >= 0.6 is 0 Å². The number of nitrogens with two attached hydrogens (primary N) is 1. The number of benzene rings is 1. The molecule has 0 aliphatic carbocycles. The number of halogens is 6. The maximum Gasteiger partial charge on any atom is 0.416 e. The summed E-state index contributed by atoms with van der Waals surface area (Å²) in [7, 11) is 4.63. The largest absolute Gasteiger partial charge is 0.481 e. The highest BCUT2D eigenvalue weighted by atomic mass is 19.4. The summed E-state index contributed by atoms with van der Waals surface area (Å²) in [5.41, 5.74) is 3.23. The Bertz CT molecular complexity index is 1640. The highest BCUT2D eigenvalue weighted by Crippen LogP contribution is 2.46. The third kappa shape index (κ3) is 7.89. The first kappa shape index (κ1) is 36.2. The number of hydrogen-bond donors (Lipinski definition) is 2. The van der Waals surface area contributed by atoms with Gasteiger partial charge < -0.3 is 25.2 Å². The average Bonchev–Trinajstić information content (AvgIpc) is 3.01. The summed E-state index contributed by atoms with van der Waals surface area (Å²) in [5.74, 6) is -1.58. The molecule has 0 fully saturated rings. The van der Waals surface area contributed by atoms with Crippen LogP contribution in [0.4, 0.5) is 42.5 Å². The smallest absolute Gasteiger partial charge is 0.416 e. The van der Waals surface area contributed by atoms with Gasteiger partial charge in [0.05, 0.1) is 59.7 Å². The molecule has 1 amide bonds. The van der Waals surface area contributed by atoms with Crippen LogP contribution < -0.4 is 20.3 Å². The van der Waals surface area contributed by atoms with Crippen LogP contribution in [-0.2, 0) is 28.3 Å². The molecule has 0 unspecified atom stereocenters. The van der Waals surface area contributed by atoms with Gasteiger partial charge in [-0.1, -0.05) is 6.92 Å². The second kappa shape index (κ2) is 13.8. The number of hydrogen-bond acceptors (Lipinski definition) is 9. The zero-order valence-corrected chi connectivity index (χ0v) is 26.4. The van der Waals surface area contributed by atoms with E-state index in [9.17, 15) is 35.9 Å². The van der Waals surface area contributed by atoms with Crippen LogP contribution in [0.3, 0.4) is 0 Å². The van der Waals surface area contributed by atoms with Crippen LogP contribution in [0.1, 0.15) is 72.4 Å². The number of anilines is 2. The van der Waals surface area contributed by atoms with Crippen molar-refractivity contribution in [3.8, 4) is 5.88 Å². The van der Waals surface area contributed by atoms with Crippen LogP contribution in [0.5, 0.6) is 5.88 Å². The van der Waals surface area contributed by atoms with Gasteiger partial charge in [0.15, 0.2) is 0 Å². The fourth-order valence-electron chi connectivity index (χ4n) is 5.45. The van der Waals surface area contributed by atoms with Crippen molar-refractivity contribution in [1.82, 2.24) is 15.0 Å². The number of carbonyl (C=O) groups is 2. The molecule has 1 aliphatic heterocycles. The van der Waals surface area contributed by atoms with Crippen molar-refractivity contribution < 1.29 is 50.5 Å². The lowest BCUT2D eigenvalue weighted by atomic mass is 9.83. The molecule has 1 aliphatic rings. The minimum absolute atomic E-state index is 0.0105. The highest BCUT2D eigenvalue weighted by molar-refractivity contribution is 5.91. The number of nitrogens with zero attached hydrogens (tertiary/aromatic N) is 5. The fourth-order valence-corrected chi connectivity index (χ4v) is 5.45. The van der Waals surface area contributed by atoms with Crippen LogP contribution in [-0.4, -0.2) is 65.6 Å². The lowest BCUT2D eigenvalue weighted by molar-refractivity contribution is -0.143. The first-order chi connectivity index (χ1) is 22.4. The number of pyridine rings is 1. The van der Waals surface area contributed by atoms with Gasteiger partial charge in [-0.2, -0.15) is 26.3 Å². The molecule has 3 N–H and O–H groups in total. The van der Waals surface area contributed by atoms with E-state index in [1.54, 1.807) is 32.0 Å². The van der Waals surface area contributed by atoms with Gasteiger partial charge in [0.2, 0.25) is 5.88 Å². The van der Waals surface area contributed by atoms with Gasteiger partial charge in [-0.3, -0.25) is 9.69 Å². The molecule has 0 saturated carbocycles. The summed E-state index contributed by atoms with van der Waals surface area (Å²) >= 11 is 0. The number of rotatable bonds is 10. The van der Waals surface area contributed by atoms with Crippen molar-refractivity contribution in [2.45, 2.75) is 63.0 Å². The second-order valence-electron chi connectivity index (χ2n) is 11.5. The summed E-state index contributed by atoms with van der Waals surface area (Å²) in [6, 6.07) is 4.41. The quantitative estimate of drug-likeness (QED) is 0.193. The number of carboxylic acids is 1. The van der Waals surface area contributed by atoms with Crippen LogP contribution in [0.15, 0.2) is 36.5 Å². The Balaban J connectivity index is 1.82. The lowest BCUT2D eigenvalue weighted by Crippen LogP contribution is -2.61. The van der Waals surface area contributed by atoms with Crippen LogP contribution in [0.25, 0.3) is 0 Å². The van der Waals surface area contributed by atoms with E-state index in [1.165, 1.54) is 24.3 Å². The molecule has 0 spiro atoms. The zero-order valence-electron chi connectivity index (χ0n) is 26.4. The van der Waals surface area contributed by atoms with E-state index >= 15 is 0 Å². The number of methoxy groups -OCH3 is 1. The summed E-state index contributed by atoms with van der Waals surface area (Å²) in [6.07, 6.45) is -9.85. The van der Waals surface area contributed by atoms with Crippen molar-refractivity contribution in [3.63, 3.8) is 0 Å². The molecule has 11 nitrogen and oxygen atoms in total. The average molecular weight is 685 g/mol. The van der Waals surface area contributed by atoms with Crippen molar-refractivity contribution >= 4 is 23.4 Å². The molecule has 0 radical (unpaired) electrons. The number of carbonyl (C=O) groups excluding carboxylic acids is 1. The maximum absolute atomic E-state index is 13.6. The number of amides is 1. The monoisotopic (exact) mass is 684 g/mol. The summed E-state index contributed by atoms with van der Waals surface area (Å²) in [6.45, 7) is 1.55. The summed E-state index contributed by atoms with van der Waals surface area (Å²) in [5, 5.41) is 8.91. The van der Waals surface area contributed by atoms with Gasteiger partial charge in [-0.05, 0) is 49.1 Å². The van der Waals surface area contributed by atoms with Crippen molar-refractivity contribution in [1.29, 1.82) is 0 Å². The van der Waals surface area contributed by atoms with E-state index in [0.29, 0.717) is 17.8 Å². The normalized spacial score (nSPS) is 17.9. The van der Waals surface area contributed by atoms with Gasteiger partial charge in [0, 0.05) is 33.0 Å². The molecule has 260 valence electrons. The molecule has 3 heterocycles. The van der Waals surface area contributed by atoms with Crippen LogP contribution in [0.2, 0.25) is 0 Å². The lowest BCUT2D eigenvalue weighted by Gasteiger charge is -2.46. The number of alkyl halides is 6. The Morgan fingerprint density at radius 2 is 1.73 bits per heavy atom. The molecule has 2 aromatic heterocycles. The van der Waals surface area contributed by atoms with Crippen molar-refractivity contribution in [2.75, 3.05) is 37.6 Å². The number of aliphatic carboxylic acids is 1. The Morgan fingerprint density at radius 1 is 1.08 bits per heavy atom. The minimum atomic E-state index is -5.03. The minimum Gasteiger partial charge on any atom is -0.481 e. The number of ether oxygens (including phenoxy) is 2. The fraction of sp³-hybridized carbons (Fsp3) is 0.452. The van der Waals surface area contributed by atoms with Crippen molar-refractivity contribution in [3.05, 3.63) is 70.4 Å². The predicted octanol–water partition coefficient (Wildman–Crippen LogP) is 5.98. The summed E-state index contributed by atoms with van der Waals surface area (Å²) < 4.78 is 92.4. The summed E-state index contributed by atoms with van der Waals surface area (Å²) in [4.78, 5) is 40.8. The molecule has 2 atom stereocenters. The van der Waals surface area contributed by atoms with E-state index in [0.717, 1.165) is 0 Å². The molecule has 4 rings (SSSR count). The van der Waals surface area contributed by atoms with Gasteiger partial charge in [0.1, 0.15) is 11.5 Å². The second-order valence-corrected chi connectivity index (χ2v) is 11.5. The van der Waals surface area contributed by atoms with E-state index in [4.69, 9.17) is 20.3 Å². The topological polar surface area (TPSA) is 144 Å². The van der Waals surface area contributed by atoms with E-state index < -0.39 is 53.5 Å². The molecular formula is C31H34F6N6O5.